The average Bonchev–Trinajstić information content (AvgIpc) is 2.80. The molecule has 0 aliphatic heterocycles. The highest BCUT2D eigenvalue weighted by Crippen LogP contribution is 2.19. The summed E-state index contributed by atoms with van der Waals surface area (Å²) in [6.07, 6.45) is 8.26. The molecule has 6 heteroatoms. The highest BCUT2D eigenvalue weighted by atomic mass is 16.2. The molecule has 0 spiro atoms. The Morgan fingerprint density at radius 3 is 2.29 bits per heavy atom. The summed E-state index contributed by atoms with van der Waals surface area (Å²) in [5.41, 5.74) is 3.11. The van der Waals surface area contributed by atoms with Gasteiger partial charge < -0.3 is 16.0 Å². The fourth-order valence-electron chi connectivity index (χ4n) is 3.58. The average molecular weight is 420 g/mol. The van der Waals surface area contributed by atoms with E-state index in [4.69, 9.17) is 0 Å². The minimum Gasteiger partial charge on any atom is -0.352 e. The molecule has 0 aromatic heterocycles. The van der Waals surface area contributed by atoms with Gasteiger partial charge in [-0.3, -0.25) is 14.4 Å². The maximum Gasteiger partial charge on any atom is 0.313 e. The summed E-state index contributed by atoms with van der Waals surface area (Å²) in [4.78, 5) is 37.0. The van der Waals surface area contributed by atoms with Gasteiger partial charge in [0.2, 0.25) is 0 Å². The van der Waals surface area contributed by atoms with Gasteiger partial charge in [-0.1, -0.05) is 54.1 Å². The van der Waals surface area contributed by atoms with Gasteiger partial charge in [-0.15, -0.1) is 0 Å². The van der Waals surface area contributed by atoms with E-state index in [2.05, 4.69) is 22.0 Å². The van der Waals surface area contributed by atoms with Crippen molar-refractivity contribution in [1.29, 1.82) is 0 Å². The third kappa shape index (κ3) is 7.10. The van der Waals surface area contributed by atoms with Gasteiger partial charge in [0, 0.05) is 13.1 Å². The highest BCUT2D eigenvalue weighted by Gasteiger charge is 2.17. The molecule has 0 fully saturated rings. The van der Waals surface area contributed by atoms with E-state index >= 15 is 0 Å². The molecule has 162 valence electrons. The van der Waals surface area contributed by atoms with Crippen LogP contribution < -0.4 is 16.0 Å². The number of carbonyl (C=O) groups is 3. The van der Waals surface area contributed by atoms with E-state index in [1.165, 1.54) is 18.4 Å². The van der Waals surface area contributed by atoms with Crippen LogP contribution in [-0.2, 0) is 16.0 Å². The van der Waals surface area contributed by atoms with Crippen molar-refractivity contribution in [2.24, 2.45) is 0 Å². The topological polar surface area (TPSA) is 87.3 Å². The van der Waals surface area contributed by atoms with Crippen LogP contribution >= 0.6 is 0 Å². The van der Waals surface area contributed by atoms with Crippen molar-refractivity contribution < 1.29 is 14.4 Å². The van der Waals surface area contributed by atoms with Crippen LogP contribution in [0.1, 0.15) is 48.0 Å². The second kappa shape index (κ2) is 11.7. The third-order valence-corrected chi connectivity index (χ3v) is 5.28. The molecule has 3 rings (SSSR count). The molecule has 0 unspecified atom stereocenters. The van der Waals surface area contributed by atoms with E-state index in [1.54, 1.807) is 24.3 Å². The first-order valence-electron chi connectivity index (χ1n) is 10.8. The molecule has 0 bridgehead atoms. The van der Waals surface area contributed by atoms with Crippen LogP contribution in [0.4, 0.5) is 5.69 Å². The summed E-state index contributed by atoms with van der Waals surface area (Å²) in [5, 5.41) is 8.08. The van der Waals surface area contributed by atoms with E-state index in [1.807, 2.05) is 30.3 Å². The zero-order valence-corrected chi connectivity index (χ0v) is 17.7. The van der Waals surface area contributed by atoms with Gasteiger partial charge in [-0.25, -0.2) is 0 Å². The summed E-state index contributed by atoms with van der Waals surface area (Å²) >= 11 is 0. The Kier molecular flexibility index (Phi) is 8.40. The lowest BCUT2D eigenvalue weighted by molar-refractivity contribution is -0.136. The van der Waals surface area contributed by atoms with Crippen molar-refractivity contribution in [3.63, 3.8) is 0 Å². The zero-order valence-electron chi connectivity index (χ0n) is 17.7. The molecule has 0 atom stereocenters. The highest BCUT2D eigenvalue weighted by molar-refractivity contribution is 6.40. The van der Waals surface area contributed by atoms with Gasteiger partial charge in [-0.05, 0) is 56.2 Å². The number of hydrogen-bond donors (Lipinski definition) is 3. The smallest absolute Gasteiger partial charge is 0.313 e. The van der Waals surface area contributed by atoms with Gasteiger partial charge in [0.15, 0.2) is 0 Å². The quantitative estimate of drug-likeness (QED) is 0.451. The Labute approximate surface area is 183 Å². The molecule has 2 aromatic carbocycles. The second-order valence-corrected chi connectivity index (χ2v) is 7.61. The number of rotatable bonds is 8. The van der Waals surface area contributed by atoms with Gasteiger partial charge in [0.1, 0.15) is 0 Å². The number of allylic oxidation sites excluding steroid dienone is 1. The van der Waals surface area contributed by atoms with Crippen molar-refractivity contribution in [1.82, 2.24) is 10.6 Å². The van der Waals surface area contributed by atoms with Crippen molar-refractivity contribution in [2.45, 2.75) is 38.5 Å². The number of nitrogens with one attached hydrogen (secondary N) is 3. The number of carbonyl (C=O) groups excluding carboxylic acids is 3. The van der Waals surface area contributed by atoms with Crippen LogP contribution in [0, 0.1) is 0 Å². The summed E-state index contributed by atoms with van der Waals surface area (Å²) in [5.74, 6) is -1.77. The molecule has 6 nitrogen and oxygen atoms in total. The predicted octanol–water partition coefficient (Wildman–Crippen LogP) is 3.60. The summed E-state index contributed by atoms with van der Waals surface area (Å²) in [6, 6.07) is 16.5. The van der Waals surface area contributed by atoms with Crippen LogP contribution in [-0.4, -0.2) is 30.8 Å². The third-order valence-electron chi connectivity index (χ3n) is 5.28. The van der Waals surface area contributed by atoms with Gasteiger partial charge >= 0.3 is 11.8 Å². The Morgan fingerprint density at radius 1 is 0.774 bits per heavy atom. The van der Waals surface area contributed by atoms with Crippen molar-refractivity contribution in [2.75, 3.05) is 18.4 Å². The molecule has 0 heterocycles. The Morgan fingerprint density at radius 2 is 1.52 bits per heavy atom. The Balaban J connectivity index is 1.49. The lowest BCUT2D eigenvalue weighted by Gasteiger charge is -2.13. The molecule has 1 aliphatic carbocycles. The van der Waals surface area contributed by atoms with E-state index in [0.29, 0.717) is 30.8 Å². The van der Waals surface area contributed by atoms with E-state index in [9.17, 15) is 14.4 Å². The minimum atomic E-state index is -0.776. The first kappa shape index (κ1) is 22.3. The van der Waals surface area contributed by atoms with Gasteiger partial charge in [-0.2, -0.15) is 0 Å². The molecule has 0 radical (unpaired) electrons. The van der Waals surface area contributed by atoms with Crippen LogP contribution in [0.5, 0.6) is 0 Å². The van der Waals surface area contributed by atoms with Crippen molar-refractivity contribution in [3.05, 3.63) is 77.4 Å². The van der Waals surface area contributed by atoms with Crippen LogP contribution in [0.2, 0.25) is 0 Å². The van der Waals surface area contributed by atoms with Crippen LogP contribution in [0.3, 0.4) is 0 Å². The number of anilines is 1. The molecular weight excluding hydrogens is 390 g/mol. The normalized spacial score (nSPS) is 13.1. The molecule has 1 aliphatic rings. The van der Waals surface area contributed by atoms with E-state index < -0.39 is 11.8 Å². The zero-order chi connectivity index (χ0) is 21.9. The fraction of sp³-hybridized carbons (Fsp3) is 0.320. The van der Waals surface area contributed by atoms with Crippen molar-refractivity contribution >= 4 is 23.4 Å². The van der Waals surface area contributed by atoms with Gasteiger partial charge in [0.05, 0.1) is 11.3 Å². The lowest BCUT2D eigenvalue weighted by atomic mass is 9.97. The monoisotopic (exact) mass is 419 g/mol. The first-order valence-corrected chi connectivity index (χ1v) is 10.8. The largest absolute Gasteiger partial charge is 0.352 e. The lowest BCUT2D eigenvalue weighted by Crippen LogP contribution is -2.36. The van der Waals surface area contributed by atoms with E-state index in [0.717, 1.165) is 24.8 Å². The van der Waals surface area contributed by atoms with Gasteiger partial charge in [0.25, 0.3) is 5.91 Å². The first-order chi connectivity index (χ1) is 15.1. The SMILES string of the molecule is O=C(NCCC1=CCCCC1)C(=O)Nc1ccccc1C(=O)NCCc1ccccc1. The van der Waals surface area contributed by atoms with E-state index in [-0.39, 0.29) is 5.91 Å². The fourth-order valence-corrected chi connectivity index (χ4v) is 3.58. The second-order valence-electron chi connectivity index (χ2n) is 7.61. The number of amides is 3. The van der Waals surface area contributed by atoms with Crippen molar-refractivity contribution in [3.8, 4) is 0 Å². The molecule has 2 aromatic rings. The number of benzene rings is 2. The molecule has 0 saturated carbocycles. The molecule has 0 saturated heterocycles. The molecule has 31 heavy (non-hydrogen) atoms. The summed E-state index contributed by atoms with van der Waals surface area (Å²) < 4.78 is 0. The maximum absolute atomic E-state index is 12.6. The van der Waals surface area contributed by atoms with Crippen LogP contribution in [0.15, 0.2) is 66.2 Å². The minimum absolute atomic E-state index is 0.295. The number of hydrogen-bond acceptors (Lipinski definition) is 3. The summed E-state index contributed by atoms with van der Waals surface area (Å²) in [7, 11) is 0. The Bertz CT molecular complexity index is 938. The summed E-state index contributed by atoms with van der Waals surface area (Å²) in [6.45, 7) is 0.904. The standard InChI is InChI=1S/C25H29N3O3/c29-23(26-17-15-19-9-3-1-4-10-19)21-13-7-8-14-22(21)28-25(31)24(30)27-18-16-20-11-5-2-6-12-20/h1,3-4,7-11,13-14H,2,5-6,12,15-18H2,(H,26,29)(H,27,30)(H,28,31). The molecular formula is C25H29N3O3. The number of para-hydroxylation sites is 1. The van der Waals surface area contributed by atoms with Crippen LogP contribution in [0.25, 0.3) is 0 Å². The molecule has 3 N–H and O–H groups in total. The maximum atomic E-state index is 12.6. The predicted molar refractivity (Wildman–Crippen MR) is 122 cm³/mol. The molecule has 3 amide bonds. The Hall–Kier alpha value is -3.41.